The molecular formula is C64H113NO8P+. The van der Waals surface area contributed by atoms with Gasteiger partial charge in [0.15, 0.2) is 6.10 Å². The monoisotopic (exact) mass is 1050 g/mol. The molecule has 0 aromatic heterocycles. The number of carbonyl (C=O) groups is 2. The third-order valence-electron chi connectivity index (χ3n) is 12.6. The zero-order valence-electron chi connectivity index (χ0n) is 48.3. The summed E-state index contributed by atoms with van der Waals surface area (Å²) in [5, 5.41) is 0. The SMILES string of the molecule is CC/C=C\C/C=C\C/C=C\C/C=C\C/C=C\C/C=C\C/C=C\C/C=C\CCCCCCCCCCCCC(=O)OC(COC(=O)CCCCCCCCCCCCCCCCC)COP(=O)(O)OCC[N+](C)(C)C. The summed E-state index contributed by atoms with van der Waals surface area (Å²) in [6.07, 6.45) is 74.8. The van der Waals surface area contributed by atoms with Gasteiger partial charge in [0.05, 0.1) is 27.7 Å². The lowest BCUT2D eigenvalue weighted by Gasteiger charge is -2.24. The Labute approximate surface area is 455 Å². The average molecular weight is 1060 g/mol. The second kappa shape index (κ2) is 54.7. The summed E-state index contributed by atoms with van der Waals surface area (Å²) in [6, 6.07) is 0. The highest BCUT2D eigenvalue weighted by Gasteiger charge is 2.27. The van der Waals surface area contributed by atoms with E-state index in [1.165, 1.54) is 116 Å². The molecular weight excluding hydrogens is 942 g/mol. The van der Waals surface area contributed by atoms with Crippen molar-refractivity contribution in [1.29, 1.82) is 0 Å². The molecule has 0 bridgehead atoms. The van der Waals surface area contributed by atoms with Crippen molar-refractivity contribution in [3.05, 3.63) is 97.2 Å². The fourth-order valence-electron chi connectivity index (χ4n) is 8.03. The lowest BCUT2D eigenvalue weighted by Crippen LogP contribution is -2.37. The normalized spacial score (nSPS) is 14.0. The Kier molecular flexibility index (Phi) is 52.4. The summed E-state index contributed by atoms with van der Waals surface area (Å²) in [5.41, 5.74) is 0. The number of phosphoric acid groups is 1. The molecule has 0 saturated heterocycles. The third kappa shape index (κ3) is 58.2. The van der Waals surface area contributed by atoms with Crippen molar-refractivity contribution in [1.82, 2.24) is 0 Å². The lowest BCUT2D eigenvalue weighted by molar-refractivity contribution is -0.870. The van der Waals surface area contributed by atoms with Crippen molar-refractivity contribution in [2.45, 2.75) is 251 Å². The first kappa shape index (κ1) is 70.9. The molecule has 0 aliphatic carbocycles. The number of unbranched alkanes of at least 4 members (excludes halogenated alkanes) is 24. The van der Waals surface area contributed by atoms with E-state index in [0.29, 0.717) is 17.4 Å². The molecule has 0 aliphatic heterocycles. The number of likely N-dealkylation sites (N-methyl/N-ethyl adjacent to an activating group) is 1. The predicted molar refractivity (Wildman–Crippen MR) is 316 cm³/mol. The molecule has 0 rings (SSSR count). The van der Waals surface area contributed by atoms with Crippen molar-refractivity contribution in [2.24, 2.45) is 0 Å². The van der Waals surface area contributed by atoms with Crippen LogP contribution in [0.5, 0.6) is 0 Å². The van der Waals surface area contributed by atoms with E-state index in [2.05, 4.69) is 111 Å². The minimum absolute atomic E-state index is 0.0284. The molecule has 0 fully saturated rings. The van der Waals surface area contributed by atoms with Crippen molar-refractivity contribution >= 4 is 19.8 Å². The lowest BCUT2D eigenvalue weighted by atomic mass is 10.0. The largest absolute Gasteiger partial charge is 0.472 e. The van der Waals surface area contributed by atoms with Crippen LogP contribution >= 0.6 is 7.82 Å². The molecule has 10 heteroatoms. The van der Waals surface area contributed by atoms with Crippen LogP contribution in [0.3, 0.4) is 0 Å². The van der Waals surface area contributed by atoms with Gasteiger partial charge in [-0.1, -0.05) is 252 Å². The van der Waals surface area contributed by atoms with Gasteiger partial charge < -0.3 is 18.9 Å². The van der Waals surface area contributed by atoms with E-state index in [-0.39, 0.29) is 32.0 Å². The number of allylic oxidation sites excluding steroid dienone is 16. The number of esters is 2. The number of carbonyl (C=O) groups excluding carboxylic acids is 2. The van der Waals surface area contributed by atoms with Crippen molar-refractivity contribution < 1.29 is 42.1 Å². The second-order valence-electron chi connectivity index (χ2n) is 21.0. The summed E-state index contributed by atoms with van der Waals surface area (Å²) in [6.45, 7) is 4.32. The molecule has 0 spiro atoms. The standard InChI is InChI=1S/C64H112NO8P/c1-6-8-10-12-14-16-18-20-22-23-24-25-26-27-28-29-30-31-32-33-34-35-36-37-38-39-40-41-43-45-47-49-51-53-55-57-64(67)73-62(61-72-74(68,69)71-59-58-65(3,4)5)60-70-63(66)56-54-52-50-48-46-44-42-21-19-17-15-13-11-9-7-2/h8,10,14,16,20,22,24-25,27-28,30-31,33-34,36-37,62H,6-7,9,11-13,15,17-19,21,23,26,29,32,35,38-61H2,1-5H3/p+1/b10-8-,16-14-,22-20-,25-24-,28-27-,31-30-,34-33-,37-36-. The van der Waals surface area contributed by atoms with Crippen LogP contribution in [0.25, 0.3) is 0 Å². The quantitative estimate of drug-likeness (QED) is 0.0211. The molecule has 0 amide bonds. The molecule has 426 valence electrons. The minimum atomic E-state index is -4.39. The van der Waals surface area contributed by atoms with Crippen LogP contribution in [-0.4, -0.2) is 74.9 Å². The Morgan fingerprint density at radius 2 is 0.770 bits per heavy atom. The molecule has 0 aromatic rings. The molecule has 9 nitrogen and oxygen atoms in total. The van der Waals surface area contributed by atoms with E-state index in [1.54, 1.807) is 0 Å². The molecule has 0 aliphatic rings. The fourth-order valence-corrected chi connectivity index (χ4v) is 8.77. The Morgan fingerprint density at radius 1 is 0.432 bits per heavy atom. The maximum atomic E-state index is 12.8. The molecule has 0 saturated carbocycles. The van der Waals surface area contributed by atoms with Gasteiger partial charge in [-0.25, -0.2) is 4.57 Å². The highest BCUT2D eigenvalue weighted by molar-refractivity contribution is 7.47. The van der Waals surface area contributed by atoms with Crippen LogP contribution in [-0.2, 0) is 32.7 Å². The summed E-state index contributed by atoms with van der Waals surface area (Å²) in [5.74, 6) is -0.800. The van der Waals surface area contributed by atoms with Gasteiger partial charge in [-0.2, -0.15) is 0 Å². The molecule has 0 aromatic carbocycles. The zero-order chi connectivity index (χ0) is 54.2. The van der Waals surface area contributed by atoms with Crippen LogP contribution in [0.15, 0.2) is 97.2 Å². The van der Waals surface area contributed by atoms with Gasteiger partial charge in [0.2, 0.25) is 0 Å². The summed E-state index contributed by atoms with van der Waals surface area (Å²) in [7, 11) is 1.47. The van der Waals surface area contributed by atoms with E-state index in [9.17, 15) is 19.0 Å². The third-order valence-corrected chi connectivity index (χ3v) is 13.6. The minimum Gasteiger partial charge on any atom is -0.462 e. The zero-order valence-corrected chi connectivity index (χ0v) is 49.2. The number of phosphoric ester groups is 1. The first-order valence-corrected chi connectivity index (χ1v) is 31.5. The van der Waals surface area contributed by atoms with Crippen LogP contribution < -0.4 is 0 Å². The van der Waals surface area contributed by atoms with E-state index in [0.717, 1.165) is 96.3 Å². The fraction of sp³-hybridized carbons (Fsp3) is 0.719. The number of rotatable bonds is 54. The Hall–Kier alpha value is -3.07. The second-order valence-corrected chi connectivity index (χ2v) is 22.5. The van der Waals surface area contributed by atoms with Crippen LogP contribution in [0, 0.1) is 0 Å². The van der Waals surface area contributed by atoms with Crippen molar-refractivity contribution in [2.75, 3.05) is 47.5 Å². The van der Waals surface area contributed by atoms with Gasteiger partial charge in [0, 0.05) is 12.8 Å². The van der Waals surface area contributed by atoms with Gasteiger partial charge in [-0.3, -0.25) is 18.6 Å². The summed E-state index contributed by atoms with van der Waals surface area (Å²) >= 11 is 0. The van der Waals surface area contributed by atoms with Gasteiger partial charge in [-0.05, 0) is 77.0 Å². The predicted octanol–water partition coefficient (Wildman–Crippen LogP) is 18.8. The van der Waals surface area contributed by atoms with E-state index in [4.69, 9.17) is 18.5 Å². The topological polar surface area (TPSA) is 108 Å². The van der Waals surface area contributed by atoms with Gasteiger partial charge in [-0.15, -0.1) is 0 Å². The molecule has 74 heavy (non-hydrogen) atoms. The Bertz CT molecular complexity index is 1570. The van der Waals surface area contributed by atoms with Crippen molar-refractivity contribution in [3.63, 3.8) is 0 Å². The maximum absolute atomic E-state index is 12.8. The summed E-state index contributed by atoms with van der Waals surface area (Å²) < 4.78 is 34.5. The Morgan fingerprint density at radius 3 is 1.15 bits per heavy atom. The van der Waals surface area contributed by atoms with E-state index < -0.39 is 26.5 Å². The number of quaternary nitrogens is 1. The first-order chi connectivity index (χ1) is 36.0. The van der Waals surface area contributed by atoms with Gasteiger partial charge in [0.1, 0.15) is 19.8 Å². The highest BCUT2D eigenvalue weighted by atomic mass is 31.2. The molecule has 2 unspecified atom stereocenters. The number of hydrogen-bond acceptors (Lipinski definition) is 7. The van der Waals surface area contributed by atoms with Crippen LogP contribution in [0.1, 0.15) is 245 Å². The van der Waals surface area contributed by atoms with E-state index in [1.807, 2.05) is 21.1 Å². The molecule has 0 radical (unpaired) electrons. The smallest absolute Gasteiger partial charge is 0.462 e. The van der Waals surface area contributed by atoms with Crippen molar-refractivity contribution in [3.8, 4) is 0 Å². The molecule has 1 N–H and O–H groups in total. The maximum Gasteiger partial charge on any atom is 0.472 e. The number of hydrogen-bond donors (Lipinski definition) is 1. The van der Waals surface area contributed by atoms with Gasteiger partial charge >= 0.3 is 19.8 Å². The van der Waals surface area contributed by atoms with Crippen LogP contribution in [0.2, 0.25) is 0 Å². The molecule has 0 heterocycles. The highest BCUT2D eigenvalue weighted by Crippen LogP contribution is 2.43. The first-order valence-electron chi connectivity index (χ1n) is 30.0. The number of ether oxygens (including phenoxy) is 2. The average Bonchev–Trinajstić information content (AvgIpc) is 3.36. The van der Waals surface area contributed by atoms with E-state index >= 15 is 0 Å². The number of nitrogens with zero attached hydrogens (tertiary/aromatic N) is 1. The summed E-state index contributed by atoms with van der Waals surface area (Å²) in [4.78, 5) is 35.7. The molecule has 2 atom stereocenters. The Balaban J connectivity index is 4.12. The van der Waals surface area contributed by atoms with Crippen LogP contribution in [0.4, 0.5) is 0 Å². The van der Waals surface area contributed by atoms with Gasteiger partial charge in [0.25, 0.3) is 0 Å².